The van der Waals surface area contributed by atoms with Crippen LogP contribution in [0.1, 0.15) is 29.8 Å². The zero-order chi connectivity index (χ0) is 19.9. The van der Waals surface area contributed by atoms with E-state index >= 15 is 0 Å². The largest absolute Gasteiger partial charge is 0.461 e. The summed E-state index contributed by atoms with van der Waals surface area (Å²) < 4.78 is 7.42. The quantitative estimate of drug-likeness (QED) is 0.429. The molecule has 0 spiro atoms. The maximum atomic E-state index is 12.1. The van der Waals surface area contributed by atoms with E-state index in [9.17, 15) is 4.79 Å². The highest BCUT2D eigenvalue weighted by Gasteiger charge is 2.15. The number of allylic oxidation sites excluding steroid dienone is 1. The van der Waals surface area contributed by atoms with Gasteiger partial charge in [-0.3, -0.25) is 9.36 Å². The van der Waals surface area contributed by atoms with Gasteiger partial charge >= 0.3 is 0 Å². The van der Waals surface area contributed by atoms with Gasteiger partial charge in [0.1, 0.15) is 0 Å². The van der Waals surface area contributed by atoms with E-state index in [-0.39, 0.29) is 5.91 Å². The summed E-state index contributed by atoms with van der Waals surface area (Å²) in [6, 6.07) is 11.3. The Balaban J connectivity index is 1.66. The molecule has 1 aromatic carbocycles. The average Bonchev–Trinajstić information content (AvgIpc) is 3.35. The molecular formula is C21H24N4O2S. The van der Waals surface area contributed by atoms with Crippen molar-refractivity contribution in [2.45, 2.75) is 31.3 Å². The second-order valence-corrected chi connectivity index (χ2v) is 7.71. The lowest BCUT2D eigenvalue weighted by molar-refractivity contribution is 0.0949. The minimum atomic E-state index is -0.0401. The van der Waals surface area contributed by atoms with Crippen molar-refractivity contribution in [2.24, 2.45) is 5.92 Å². The number of furan rings is 1. The van der Waals surface area contributed by atoms with Crippen molar-refractivity contribution in [2.75, 3.05) is 6.54 Å². The lowest BCUT2D eigenvalue weighted by Gasteiger charge is -2.08. The normalized spacial score (nSPS) is 11.0. The summed E-state index contributed by atoms with van der Waals surface area (Å²) in [5.74, 6) is 2.48. The highest BCUT2D eigenvalue weighted by molar-refractivity contribution is 7.98. The topological polar surface area (TPSA) is 73.0 Å². The molecule has 0 aliphatic rings. The predicted molar refractivity (Wildman–Crippen MR) is 111 cm³/mol. The van der Waals surface area contributed by atoms with Crippen molar-refractivity contribution >= 4 is 17.7 Å². The first kappa shape index (κ1) is 19.9. The summed E-state index contributed by atoms with van der Waals surface area (Å²) in [5, 5.41) is 12.3. The standard InChI is InChI=1S/C21H24N4O2S/c1-4-11-25-19(18-6-5-12-27-18)23-24-21(25)28-14-16-7-9-17(10-8-16)20(26)22-13-15(2)3/h4-10,12,15H,1,11,13-14H2,2-3H3,(H,22,26). The Morgan fingerprint density at radius 2 is 2.07 bits per heavy atom. The fourth-order valence-electron chi connectivity index (χ4n) is 2.58. The Morgan fingerprint density at radius 3 is 2.71 bits per heavy atom. The molecule has 2 aromatic heterocycles. The number of rotatable bonds is 9. The zero-order valence-corrected chi connectivity index (χ0v) is 16.9. The van der Waals surface area contributed by atoms with E-state index in [1.54, 1.807) is 18.0 Å². The van der Waals surface area contributed by atoms with Crippen LogP contribution in [0, 0.1) is 5.92 Å². The van der Waals surface area contributed by atoms with Crippen LogP contribution in [0.25, 0.3) is 11.6 Å². The first-order valence-corrected chi connectivity index (χ1v) is 10.1. The number of thioether (sulfide) groups is 1. The van der Waals surface area contributed by atoms with E-state index < -0.39 is 0 Å². The molecule has 7 heteroatoms. The van der Waals surface area contributed by atoms with Crippen molar-refractivity contribution in [1.29, 1.82) is 0 Å². The molecule has 3 rings (SSSR count). The van der Waals surface area contributed by atoms with Crippen molar-refractivity contribution in [3.05, 3.63) is 66.4 Å². The first-order valence-electron chi connectivity index (χ1n) is 9.16. The van der Waals surface area contributed by atoms with Gasteiger partial charge in [-0.25, -0.2) is 0 Å². The Labute approximate surface area is 169 Å². The smallest absolute Gasteiger partial charge is 0.251 e. The van der Waals surface area contributed by atoms with Crippen LogP contribution >= 0.6 is 11.8 Å². The predicted octanol–water partition coefficient (Wildman–Crippen LogP) is 4.40. The lowest BCUT2D eigenvalue weighted by Crippen LogP contribution is -2.27. The van der Waals surface area contributed by atoms with Gasteiger partial charge in [-0.15, -0.1) is 16.8 Å². The van der Waals surface area contributed by atoms with Crippen LogP contribution in [0.3, 0.4) is 0 Å². The van der Waals surface area contributed by atoms with E-state index in [0.29, 0.717) is 36.2 Å². The fraction of sp³-hybridized carbons (Fsp3) is 0.286. The Hall–Kier alpha value is -2.80. The molecule has 0 aliphatic heterocycles. The SMILES string of the molecule is C=CCn1c(SCc2ccc(C(=O)NCC(C)C)cc2)nnc1-c1ccco1. The maximum absolute atomic E-state index is 12.1. The van der Waals surface area contributed by atoms with Gasteiger partial charge in [-0.05, 0) is 35.7 Å². The van der Waals surface area contributed by atoms with Crippen LogP contribution in [0.15, 0.2) is 64.9 Å². The van der Waals surface area contributed by atoms with Crippen LogP contribution in [0.2, 0.25) is 0 Å². The summed E-state index contributed by atoms with van der Waals surface area (Å²) in [6.07, 6.45) is 3.43. The van der Waals surface area contributed by atoms with Crippen molar-refractivity contribution < 1.29 is 9.21 Å². The second-order valence-electron chi connectivity index (χ2n) is 6.77. The van der Waals surface area contributed by atoms with Crippen LogP contribution in [0.5, 0.6) is 0 Å². The molecular weight excluding hydrogens is 372 g/mol. The van der Waals surface area contributed by atoms with Gasteiger partial charge in [0, 0.05) is 24.4 Å². The number of benzene rings is 1. The highest BCUT2D eigenvalue weighted by atomic mass is 32.2. The summed E-state index contributed by atoms with van der Waals surface area (Å²) in [6.45, 7) is 9.23. The molecule has 0 atom stereocenters. The third kappa shape index (κ3) is 4.92. The zero-order valence-electron chi connectivity index (χ0n) is 16.1. The van der Waals surface area contributed by atoms with Gasteiger partial charge in [0.25, 0.3) is 5.91 Å². The molecule has 0 unspecified atom stereocenters. The molecule has 2 heterocycles. The van der Waals surface area contributed by atoms with Crippen molar-refractivity contribution in [3.8, 4) is 11.6 Å². The van der Waals surface area contributed by atoms with Crippen LogP contribution in [0.4, 0.5) is 0 Å². The highest BCUT2D eigenvalue weighted by Crippen LogP contribution is 2.26. The molecule has 0 bridgehead atoms. The fourth-order valence-corrected chi connectivity index (χ4v) is 3.48. The second kappa shape index (κ2) is 9.41. The molecule has 0 radical (unpaired) electrons. The summed E-state index contributed by atoms with van der Waals surface area (Å²) >= 11 is 1.59. The summed E-state index contributed by atoms with van der Waals surface area (Å²) in [4.78, 5) is 12.1. The minimum Gasteiger partial charge on any atom is -0.461 e. The Morgan fingerprint density at radius 1 is 1.29 bits per heavy atom. The Kier molecular flexibility index (Phi) is 6.71. The van der Waals surface area contributed by atoms with Gasteiger partial charge in [0.15, 0.2) is 10.9 Å². The van der Waals surface area contributed by atoms with Crippen LogP contribution in [-0.4, -0.2) is 27.2 Å². The molecule has 6 nitrogen and oxygen atoms in total. The van der Waals surface area contributed by atoms with E-state index in [2.05, 4.69) is 35.9 Å². The summed E-state index contributed by atoms with van der Waals surface area (Å²) in [7, 11) is 0. The number of nitrogens with one attached hydrogen (secondary N) is 1. The van der Waals surface area contributed by atoms with E-state index in [0.717, 1.165) is 16.5 Å². The van der Waals surface area contributed by atoms with Gasteiger partial charge in [0.2, 0.25) is 5.82 Å². The van der Waals surface area contributed by atoms with Crippen LogP contribution in [-0.2, 0) is 12.3 Å². The van der Waals surface area contributed by atoms with Gasteiger partial charge < -0.3 is 9.73 Å². The van der Waals surface area contributed by atoms with Gasteiger partial charge in [-0.1, -0.05) is 43.8 Å². The van der Waals surface area contributed by atoms with Crippen LogP contribution < -0.4 is 5.32 Å². The number of amides is 1. The molecule has 0 saturated heterocycles. The van der Waals surface area contributed by atoms with E-state index in [1.165, 1.54) is 0 Å². The number of carbonyl (C=O) groups excluding carboxylic acids is 1. The number of carbonyl (C=O) groups is 1. The molecule has 28 heavy (non-hydrogen) atoms. The monoisotopic (exact) mass is 396 g/mol. The van der Waals surface area contributed by atoms with Gasteiger partial charge in [0.05, 0.1) is 6.26 Å². The van der Waals surface area contributed by atoms with Gasteiger partial charge in [-0.2, -0.15) is 0 Å². The summed E-state index contributed by atoms with van der Waals surface area (Å²) in [5.41, 5.74) is 1.78. The molecule has 0 aliphatic carbocycles. The molecule has 1 N–H and O–H groups in total. The number of hydrogen-bond donors (Lipinski definition) is 1. The van der Waals surface area contributed by atoms with E-state index in [4.69, 9.17) is 4.42 Å². The average molecular weight is 397 g/mol. The number of hydrogen-bond acceptors (Lipinski definition) is 5. The van der Waals surface area contributed by atoms with Crippen molar-refractivity contribution in [3.63, 3.8) is 0 Å². The van der Waals surface area contributed by atoms with E-state index in [1.807, 2.05) is 47.0 Å². The number of aromatic nitrogens is 3. The van der Waals surface area contributed by atoms with Crippen molar-refractivity contribution in [1.82, 2.24) is 20.1 Å². The molecule has 0 fully saturated rings. The Bertz CT molecular complexity index is 915. The molecule has 1 amide bonds. The minimum absolute atomic E-state index is 0.0401. The third-order valence-corrected chi connectivity index (χ3v) is 5.06. The maximum Gasteiger partial charge on any atom is 0.251 e. The number of nitrogens with zero attached hydrogens (tertiary/aromatic N) is 3. The molecule has 3 aromatic rings. The lowest BCUT2D eigenvalue weighted by atomic mass is 10.1. The first-order chi connectivity index (χ1) is 13.6. The molecule has 0 saturated carbocycles. The third-order valence-electron chi connectivity index (χ3n) is 4.03. The molecule has 146 valence electrons.